The van der Waals surface area contributed by atoms with E-state index in [9.17, 15) is 14.7 Å². The lowest BCUT2D eigenvalue weighted by atomic mass is 9.84. The largest absolute Gasteiger partial charge is 0.494 e. The summed E-state index contributed by atoms with van der Waals surface area (Å²) >= 11 is 0. The molecule has 222 valence electrons. The van der Waals surface area contributed by atoms with Crippen LogP contribution in [0, 0.1) is 0 Å². The Balaban J connectivity index is 1.53. The number of piperazine rings is 1. The van der Waals surface area contributed by atoms with Gasteiger partial charge in [-0.1, -0.05) is 26.8 Å². The third-order valence-corrected chi connectivity index (χ3v) is 7.55. The summed E-state index contributed by atoms with van der Waals surface area (Å²) < 4.78 is 5.72. The lowest BCUT2D eigenvalue weighted by molar-refractivity contribution is 0.209. The number of rotatable bonds is 6. The van der Waals surface area contributed by atoms with Crippen molar-refractivity contribution in [3.63, 3.8) is 0 Å². The molecule has 1 saturated heterocycles. The van der Waals surface area contributed by atoms with Crippen LogP contribution >= 0.6 is 0 Å². The van der Waals surface area contributed by atoms with Gasteiger partial charge in [0.2, 0.25) is 5.95 Å². The standard InChI is InChI=1S/C30H38N8O4/c1-30(2,3)25-22(33-28(39)40)8-7-9-23(25)38-26-19(18-36(5)29(38)41)17-31-27(34-26)32-21-11-10-20(16-24(21)42-6)37-14-12-35(4)13-15-37/h7-11,16-17,33H,12-15,18H2,1-6H3,(H,39,40)(H,31,32,34). The first-order valence-electron chi connectivity index (χ1n) is 13.9. The first kappa shape index (κ1) is 28.9. The molecular formula is C30H38N8O4. The molecule has 0 spiro atoms. The summed E-state index contributed by atoms with van der Waals surface area (Å²) in [4.78, 5) is 42.4. The molecule has 2 aromatic carbocycles. The number of carboxylic acid groups (broad SMARTS) is 1. The van der Waals surface area contributed by atoms with E-state index >= 15 is 0 Å². The molecule has 3 amide bonds. The van der Waals surface area contributed by atoms with Crippen LogP contribution < -0.4 is 25.2 Å². The van der Waals surface area contributed by atoms with E-state index in [1.165, 1.54) is 4.90 Å². The Hall–Kier alpha value is -4.58. The molecule has 42 heavy (non-hydrogen) atoms. The molecule has 12 heteroatoms. The van der Waals surface area contributed by atoms with Gasteiger partial charge in [-0.2, -0.15) is 4.98 Å². The zero-order valence-corrected chi connectivity index (χ0v) is 24.9. The zero-order valence-electron chi connectivity index (χ0n) is 24.9. The van der Waals surface area contributed by atoms with Gasteiger partial charge in [0.25, 0.3) is 0 Å². The molecule has 0 bridgehead atoms. The lowest BCUT2D eigenvalue weighted by Gasteiger charge is -2.37. The number of carbonyl (C=O) groups is 2. The maximum Gasteiger partial charge on any atom is 0.409 e. The minimum Gasteiger partial charge on any atom is -0.494 e. The van der Waals surface area contributed by atoms with Gasteiger partial charge in [-0.05, 0) is 36.7 Å². The van der Waals surface area contributed by atoms with Crippen molar-refractivity contribution in [2.24, 2.45) is 0 Å². The van der Waals surface area contributed by atoms with Crippen molar-refractivity contribution >= 4 is 46.6 Å². The van der Waals surface area contributed by atoms with Crippen molar-refractivity contribution in [3.8, 4) is 5.75 Å². The summed E-state index contributed by atoms with van der Waals surface area (Å²) in [5, 5.41) is 15.3. The fourth-order valence-corrected chi connectivity index (χ4v) is 5.46. The molecule has 3 aromatic rings. The van der Waals surface area contributed by atoms with E-state index in [0.29, 0.717) is 46.7 Å². The van der Waals surface area contributed by atoms with Crippen LogP contribution in [-0.4, -0.2) is 84.4 Å². The van der Waals surface area contributed by atoms with Crippen LogP contribution in [-0.2, 0) is 12.0 Å². The number of hydrogen-bond donors (Lipinski definition) is 3. The third-order valence-electron chi connectivity index (χ3n) is 7.55. The number of benzene rings is 2. The van der Waals surface area contributed by atoms with Gasteiger partial charge in [0.05, 0.1) is 25.0 Å². The first-order chi connectivity index (χ1) is 20.0. The minimum atomic E-state index is -1.18. The molecule has 2 aliphatic rings. The van der Waals surface area contributed by atoms with E-state index < -0.39 is 11.5 Å². The highest BCUT2D eigenvalue weighted by atomic mass is 16.5. The number of fused-ring (bicyclic) bond motifs is 1. The molecular weight excluding hydrogens is 536 g/mol. The minimum absolute atomic E-state index is 0.278. The highest BCUT2D eigenvalue weighted by Crippen LogP contribution is 2.43. The Morgan fingerprint density at radius 1 is 1.05 bits per heavy atom. The fraction of sp³-hybridized carbons (Fsp3) is 0.400. The van der Waals surface area contributed by atoms with Gasteiger partial charge in [0, 0.05) is 68.0 Å². The summed E-state index contributed by atoms with van der Waals surface area (Å²) in [5.41, 5.74) is 3.67. The van der Waals surface area contributed by atoms with Gasteiger partial charge in [-0.3, -0.25) is 5.32 Å². The summed E-state index contributed by atoms with van der Waals surface area (Å²) in [7, 11) is 5.47. The molecule has 0 aliphatic carbocycles. The predicted molar refractivity (Wildman–Crippen MR) is 164 cm³/mol. The number of nitrogens with zero attached hydrogens (tertiary/aromatic N) is 6. The molecule has 3 heterocycles. The number of ether oxygens (including phenoxy) is 1. The van der Waals surface area contributed by atoms with E-state index in [0.717, 1.165) is 37.4 Å². The van der Waals surface area contributed by atoms with Crippen molar-refractivity contribution in [2.45, 2.75) is 32.7 Å². The Bertz CT molecular complexity index is 1500. The molecule has 5 rings (SSSR count). The number of nitrogens with one attached hydrogen (secondary N) is 2. The number of anilines is 6. The second-order valence-electron chi connectivity index (χ2n) is 11.7. The van der Waals surface area contributed by atoms with Gasteiger partial charge in [-0.15, -0.1) is 0 Å². The number of hydrogen-bond acceptors (Lipinski definition) is 8. The van der Waals surface area contributed by atoms with Crippen LogP contribution in [0.4, 0.5) is 44.1 Å². The average molecular weight is 575 g/mol. The first-order valence-corrected chi connectivity index (χ1v) is 13.9. The molecule has 0 atom stereocenters. The zero-order chi connectivity index (χ0) is 30.2. The number of urea groups is 1. The Labute approximate surface area is 245 Å². The topological polar surface area (TPSA) is 126 Å². The molecule has 1 fully saturated rings. The van der Waals surface area contributed by atoms with Crippen LogP contribution in [0.2, 0.25) is 0 Å². The molecule has 2 aliphatic heterocycles. The third kappa shape index (κ3) is 5.75. The van der Waals surface area contributed by atoms with E-state index in [4.69, 9.17) is 9.72 Å². The van der Waals surface area contributed by atoms with Crippen LogP contribution in [0.3, 0.4) is 0 Å². The van der Waals surface area contributed by atoms with Gasteiger partial charge < -0.3 is 29.9 Å². The van der Waals surface area contributed by atoms with Crippen LogP contribution in [0.5, 0.6) is 5.75 Å². The number of amides is 3. The smallest absolute Gasteiger partial charge is 0.409 e. The highest BCUT2D eigenvalue weighted by molar-refractivity contribution is 6.03. The lowest BCUT2D eigenvalue weighted by Crippen LogP contribution is -2.44. The van der Waals surface area contributed by atoms with Gasteiger partial charge in [0.1, 0.15) is 5.75 Å². The highest BCUT2D eigenvalue weighted by Gasteiger charge is 2.36. The van der Waals surface area contributed by atoms with Crippen molar-refractivity contribution in [2.75, 3.05) is 67.8 Å². The summed E-state index contributed by atoms with van der Waals surface area (Å²) in [6.07, 6.45) is 0.531. The number of methoxy groups -OCH3 is 1. The normalized spacial score (nSPS) is 15.9. The monoisotopic (exact) mass is 574 g/mol. The molecule has 0 radical (unpaired) electrons. The Morgan fingerprint density at radius 3 is 2.45 bits per heavy atom. The van der Waals surface area contributed by atoms with Gasteiger partial charge >= 0.3 is 12.1 Å². The fourth-order valence-electron chi connectivity index (χ4n) is 5.46. The maximum absolute atomic E-state index is 13.7. The molecule has 12 nitrogen and oxygen atoms in total. The number of carbonyl (C=O) groups excluding carboxylic acids is 1. The SMILES string of the molecule is COc1cc(N2CCN(C)CC2)ccc1Nc1ncc2c(n1)N(c1cccc(NC(=O)O)c1C(C)(C)C)C(=O)N(C)C2. The van der Waals surface area contributed by atoms with Gasteiger partial charge in [0.15, 0.2) is 5.82 Å². The Morgan fingerprint density at radius 2 is 1.79 bits per heavy atom. The second kappa shape index (κ2) is 11.4. The molecule has 0 saturated carbocycles. The van der Waals surface area contributed by atoms with Crippen LogP contribution in [0.25, 0.3) is 0 Å². The summed E-state index contributed by atoms with van der Waals surface area (Å²) in [6.45, 7) is 10.2. The van der Waals surface area contributed by atoms with Crippen molar-refractivity contribution in [3.05, 3.63) is 53.7 Å². The number of likely N-dealkylation sites (N-methyl/N-ethyl adjacent to an activating group) is 1. The molecule has 0 unspecified atom stereocenters. The van der Waals surface area contributed by atoms with E-state index in [2.05, 4.69) is 38.5 Å². The molecule has 3 N–H and O–H groups in total. The quantitative estimate of drug-likeness (QED) is 0.370. The van der Waals surface area contributed by atoms with Crippen LogP contribution in [0.15, 0.2) is 42.6 Å². The summed E-state index contributed by atoms with van der Waals surface area (Å²) in [5.74, 6) is 1.39. The van der Waals surface area contributed by atoms with E-state index in [1.54, 1.807) is 37.4 Å². The van der Waals surface area contributed by atoms with Crippen molar-refractivity contribution in [1.82, 2.24) is 19.8 Å². The maximum atomic E-state index is 13.7. The summed E-state index contributed by atoms with van der Waals surface area (Å²) in [6, 6.07) is 11.0. The van der Waals surface area contributed by atoms with Gasteiger partial charge in [-0.25, -0.2) is 19.5 Å². The van der Waals surface area contributed by atoms with E-state index in [-0.39, 0.29) is 6.03 Å². The average Bonchev–Trinajstić information content (AvgIpc) is 2.93. The van der Waals surface area contributed by atoms with Crippen LogP contribution in [0.1, 0.15) is 31.9 Å². The Kier molecular flexibility index (Phi) is 7.83. The molecule has 1 aromatic heterocycles. The number of aromatic nitrogens is 2. The second-order valence-corrected chi connectivity index (χ2v) is 11.7. The van der Waals surface area contributed by atoms with Crippen molar-refractivity contribution < 1.29 is 19.4 Å². The van der Waals surface area contributed by atoms with Crippen molar-refractivity contribution in [1.29, 1.82) is 0 Å². The van der Waals surface area contributed by atoms with E-state index in [1.807, 2.05) is 39.0 Å². The predicted octanol–water partition coefficient (Wildman–Crippen LogP) is 5.07.